The molecule has 0 atom stereocenters. The Bertz CT molecular complexity index is 1560. The van der Waals surface area contributed by atoms with Crippen LogP contribution in [0.4, 0.5) is 5.69 Å². The van der Waals surface area contributed by atoms with Gasteiger partial charge in [-0.15, -0.1) is 0 Å². The van der Waals surface area contributed by atoms with Crippen molar-refractivity contribution < 1.29 is 14.6 Å². The lowest BCUT2D eigenvalue weighted by atomic mass is 9.87. The van der Waals surface area contributed by atoms with Crippen LogP contribution in [0.5, 0.6) is 11.5 Å². The summed E-state index contributed by atoms with van der Waals surface area (Å²) in [5, 5.41) is 14.7. The van der Waals surface area contributed by atoms with Gasteiger partial charge in [-0.25, -0.2) is 4.58 Å². The van der Waals surface area contributed by atoms with Crippen LogP contribution in [-0.2, 0) is 12.8 Å². The summed E-state index contributed by atoms with van der Waals surface area (Å²) in [7, 11) is 0. The number of carboxylic acid groups (broad SMARTS) is 1. The zero-order chi connectivity index (χ0) is 24.4. The second kappa shape index (κ2) is 8.28. The van der Waals surface area contributed by atoms with E-state index in [1.807, 2.05) is 12.1 Å². The molecular weight excluding hydrogens is 483 g/mol. The third-order valence-electron chi connectivity index (χ3n) is 7.48. The van der Waals surface area contributed by atoms with Crippen molar-refractivity contribution in [3.05, 3.63) is 84.8 Å². The zero-order valence-electron chi connectivity index (χ0n) is 19.6. The molecule has 0 saturated carbocycles. The Kier molecular flexibility index (Phi) is 5.31. The topological polar surface area (TPSA) is 55.6 Å². The van der Waals surface area contributed by atoms with Crippen LogP contribution in [0.1, 0.15) is 46.5 Å². The minimum Gasteiger partial charge on any atom is -0.545 e. The normalized spacial score (nSPS) is 15.5. The third kappa shape index (κ3) is 3.21. The molecule has 0 aliphatic carbocycles. The first-order valence-electron chi connectivity index (χ1n) is 12.0. The van der Waals surface area contributed by atoms with E-state index in [0.29, 0.717) is 10.6 Å². The van der Waals surface area contributed by atoms with E-state index in [1.54, 1.807) is 6.07 Å². The summed E-state index contributed by atoms with van der Waals surface area (Å²) in [5.41, 5.74) is 5.27. The van der Waals surface area contributed by atoms with Gasteiger partial charge in [0.2, 0.25) is 5.36 Å². The van der Waals surface area contributed by atoms with Crippen molar-refractivity contribution in [2.45, 2.75) is 26.7 Å². The summed E-state index contributed by atoms with van der Waals surface area (Å²) in [6, 6.07) is 11.4. The summed E-state index contributed by atoms with van der Waals surface area (Å²) in [5.74, 6) is 0.209. The second-order valence-corrected chi connectivity index (χ2v) is 9.90. The summed E-state index contributed by atoms with van der Waals surface area (Å²) >= 11 is 13.1. The number of anilines is 1. The largest absolute Gasteiger partial charge is 0.545 e. The van der Waals surface area contributed by atoms with E-state index >= 15 is 0 Å². The number of carboxylic acids is 1. The highest BCUT2D eigenvalue weighted by atomic mass is 35.5. The fourth-order valence-corrected chi connectivity index (χ4v) is 6.33. The Morgan fingerprint density at radius 2 is 1.83 bits per heavy atom. The number of nitrogens with zero attached hydrogens (tertiary/aromatic N) is 2. The first-order valence-corrected chi connectivity index (χ1v) is 12.8. The molecule has 0 radical (unpaired) electrons. The average Bonchev–Trinajstić information content (AvgIpc) is 3.47. The number of carbonyl (C=O) groups is 1. The molecule has 5 nitrogen and oxygen atoms in total. The Morgan fingerprint density at radius 3 is 2.57 bits per heavy atom. The number of rotatable bonds is 4. The highest BCUT2D eigenvalue weighted by Crippen LogP contribution is 2.47. The maximum absolute atomic E-state index is 12.3. The summed E-state index contributed by atoms with van der Waals surface area (Å²) in [4.78, 5) is 14.6. The van der Waals surface area contributed by atoms with Crippen LogP contribution in [-0.4, -0.2) is 32.1 Å². The number of fused-ring (bicyclic) bond motifs is 6. The maximum atomic E-state index is 12.3. The Balaban J connectivity index is 1.77. The molecule has 3 aliphatic rings. The van der Waals surface area contributed by atoms with E-state index in [-0.39, 0.29) is 10.6 Å². The molecule has 0 amide bonds. The van der Waals surface area contributed by atoms with Gasteiger partial charge in [0.25, 0.3) is 0 Å². The number of hydrogen-bond donors (Lipinski definition) is 0. The molecule has 0 bridgehead atoms. The molecule has 6 rings (SSSR count). The quantitative estimate of drug-likeness (QED) is 0.399. The molecule has 0 fully saturated rings. The second-order valence-electron chi connectivity index (χ2n) is 9.08. The van der Waals surface area contributed by atoms with E-state index in [0.717, 1.165) is 89.0 Å². The number of aromatic carboxylic acids is 1. The average molecular weight is 507 g/mol. The summed E-state index contributed by atoms with van der Waals surface area (Å²) in [6.07, 6.45) is 1.73. The van der Waals surface area contributed by atoms with E-state index < -0.39 is 5.97 Å². The van der Waals surface area contributed by atoms with E-state index in [2.05, 4.69) is 35.5 Å². The Labute approximate surface area is 213 Å². The van der Waals surface area contributed by atoms with Crippen LogP contribution < -0.4 is 29.9 Å². The van der Waals surface area contributed by atoms with Gasteiger partial charge >= 0.3 is 0 Å². The summed E-state index contributed by atoms with van der Waals surface area (Å²) < 4.78 is 9.09. The fraction of sp³-hybridized carbons (Fsp3) is 0.286. The number of carbonyl (C=O) groups excluding carboxylic acids is 1. The van der Waals surface area contributed by atoms with Crippen LogP contribution in [0.3, 0.4) is 0 Å². The molecule has 7 heteroatoms. The summed E-state index contributed by atoms with van der Waals surface area (Å²) in [6.45, 7) is 7.96. The predicted octanol–water partition coefficient (Wildman–Crippen LogP) is 3.16. The van der Waals surface area contributed by atoms with Gasteiger partial charge in [0.15, 0.2) is 0 Å². The molecule has 0 saturated heterocycles. The first-order chi connectivity index (χ1) is 16.9. The predicted molar refractivity (Wildman–Crippen MR) is 137 cm³/mol. The third-order valence-corrected chi connectivity index (χ3v) is 8.11. The lowest BCUT2D eigenvalue weighted by Gasteiger charge is -2.27. The van der Waals surface area contributed by atoms with E-state index in [9.17, 15) is 9.90 Å². The van der Waals surface area contributed by atoms with Crippen molar-refractivity contribution >= 4 is 40.4 Å². The van der Waals surface area contributed by atoms with Crippen molar-refractivity contribution in [2.24, 2.45) is 0 Å². The van der Waals surface area contributed by atoms with Crippen LogP contribution in [0, 0.1) is 0 Å². The minimum absolute atomic E-state index is 0.0978. The van der Waals surface area contributed by atoms with Crippen molar-refractivity contribution in [3.8, 4) is 11.5 Å². The van der Waals surface area contributed by atoms with E-state index in [1.165, 1.54) is 6.07 Å². The minimum atomic E-state index is -1.36. The van der Waals surface area contributed by atoms with Gasteiger partial charge in [-0.3, -0.25) is 0 Å². The Hall–Kier alpha value is -3.02. The lowest BCUT2D eigenvalue weighted by Crippen LogP contribution is -2.30. The van der Waals surface area contributed by atoms with Crippen LogP contribution in [0.2, 0.25) is 10.0 Å². The smallest absolute Gasteiger partial charge is 0.207 e. The fourth-order valence-electron chi connectivity index (χ4n) is 5.84. The van der Waals surface area contributed by atoms with Gasteiger partial charge in [0, 0.05) is 69.3 Å². The standard InChI is InChI=1S/C28H24Cl2N2O3/c1-3-31-13-11-15-21(31)9-5-17-23(24-19(29)7-8-20(30)25(24)28(33)34)18-6-10-22-16(12-14-32(22)4-2)27(18)35-26(15)17/h5-10H,3-4,11-14H2,1-2H3. The SMILES string of the molecule is CCN1CCc2c1ccc1c2Oc2c3c(ccc2=C1c1c(Cl)ccc(Cl)c1C(=O)[O-])=[N+](CC)CC3. The van der Waals surface area contributed by atoms with Crippen LogP contribution in [0.25, 0.3) is 5.57 Å². The number of likely N-dealkylation sites (N-methyl/N-ethyl adjacent to an activating group) is 2. The molecule has 3 aromatic rings. The van der Waals surface area contributed by atoms with Gasteiger partial charge in [-0.2, -0.15) is 0 Å². The molecule has 0 N–H and O–H groups in total. The van der Waals surface area contributed by atoms with Crippen molar-refractivity contribution in [2.75, 3.05) is 31.1 Å². The number of halogens is 2. The van der Waals surface area contributed by atoms with Gasteiger partial charge < -0.3 is 19.5 Å². The zero-order valence-corrected chi connectivity index (χ0v) is 21.1. The number of benzene rings is 3. The highest BCUT2D eigenvalue weighted by molar-refractivity contribution is 6.37. The van der Waals surface area contributed by atoms with Crippen molar-refractivity contribution in [1.82, 2.24) is 4.58 Å². The van der Waals surface area contributed by atoms with Gasteiger partial charge in [-0.05, 0) is 50.6 Å². The maximum Gasteiger partial charge on any atom is 0.207 e. The number of hydrogen-bond acceptors (Lipinski definition) is 4. The molecule has 0 spiro atoms. The van der Waals surface area contributed by atoms with Crippen molar-refractivity contribution in [3.63, 3.8) is 0 Å². The Morgan fingerprint density at radius 1 is 1.03 bits per heavy atom. The molecule has 3 aromatic carbocycles. The van der Waals surface area contributed by atoms with Crippen LogP contribution in [0.15, 0.2) is 36.4 Å². The van der Waals surface area contributed by atoms with Crippen LogP contribution >= 0.6 is 23.2 Å². The monoisotopic (exact) mass is 506 g/mol. The highest BCUT2D eigenvalue weighted by Gasteiger charge is 2.34. The molecule has 0 unspecified atom stereocenters. The lowest BCUT2D eigenvalue weighted by molar-refractivity contribution is -0.255. The molecule has 0 aromatic heterocycles. The molecule has 35 heavy (non-hydrogen) atoms. The molecular formula is C28H24Cl2N2O3. The molecule has 178 valence electrons. The first kappa shape index (κ1) is 22.4. The van der Waals surface area contributed by atoms with Crippen molar-refractivity contribution in [1.29, 1.82) is 0 Å². The van der Waals surface area contributed by atoms with Gasteiger partial charge in [0.05, 0.1) is 16.6 Å². The molecule has 3 aliphatic heterocycles. The van der Waals surface area contributed by atoms with Gasteiger partial charge in [-0.1, -0.05) is 23.2 Å². The molecule has 3 heterocycles. The number of ether oxygens (including phenoxy) is 1. The van der Waals surface area contributed by atoms with Gasteiger partial charge in [0.1, 0.15) is 24.6 Å². The van der Waals surface area contributed by atoms with E-state index in [4.69, 9.17) is 27.9 Å².